The Morgan fingerprint density at radius 3 is 2.91 bits per heavy atom. The average Bonchev–Trinajstić information content (AvgIpc) is 3.22. The first kappa shape index (κ1) is 15.2. The summed E-state index contributed by atoms with van der Waals surface area (Å²) >= 11 is 1.30. The Morgan fingerprint density at radius 2 is 2.14 bits per heavy atom. The molecule has 1 fully saturated rings. The number of hydrogen-bond acceptors (Lipinski definition) is 6. The van der Waals surface area contributed by atoms with Crippen LogP contribution in [0.1, 0.15) is 9.67 Å². The van der Waals surface area contributed by atoms with Crippen LogP contribution in [0.3, 0.4) is 0 Å². The number of rotatable bonds is 5. The molecule has 0 aromatic carbocycles. The van der Waals surface area contributed by atoms with E-state index in [9.17, 15) is 4.79 Å². The lowest BCUT2D eigenvalue weighted by molar-refractivity contribution is 0.0360. The van der Waals surface area contributed by atoms with Crippen molar-refractivity contribution in [2.45, 2.75) is 6.54 Å². The number of nitrogens with one attached hydrogen (secondary N) is 1. The summed E-state index contributed by atoms with van der Waals surface area (Å²) in [6, 6.07) is 5.45. The minimum Gasteiger partial charge on any atom is -0.379 e. The van der Waals surface area contributed by atoms with E-state index in [1.54, 1.807) is 11.5 Å². The predicted molar refractivity (Wildman–Crippen MR) is 82.1 cm³/mol. The number of hydroxylamine groups is 1. The van der Waals surface area contributed by atoms with Crippen molar-refractivity contribution in [3.8, 4) is 10.6 Å². The van der Waals surface area contributed by atoms with Gasteiger partial charge in [-0.15, -0.1) is 11.3 Å². The third kappa shape index (κ3) is 3.53. The molecule has 0 saturated carbocycles. The molecule has 2 aromatic rings. The van der Waals surface area contributed by atoms with Gasteiger partial charge in [-0.25, -0.2) is 5.48 Å². The molecule has 3 heterocycles. The first-order valence-corrected chi connectivity index (χ1v) is 7.96. The van der Waals surface area contributed by atoms with Crippen molar-refractivity contribution in [3.05, 3.63) is 29.3 Å². The number of nitrogens with zero attached hydrogens (tertiary/aromatic N) is 3. The maximum Gasteiger partial charge on any atom is 0.284 e. The van der Waals surface area contributed by atoms with Gasteiger partial charge in [0.05, 0.1) is 29.5 Å². The normalized spacial score (nSPS) is 15.9. The number of carbonyl (C=O) groups is 1. The number of hydrogen-bond donors (Lipinski definition) is 2. The summed E-state index contributed by atoms with van der Waals surface area (Å²) in [6.45, 7) is 5.32. The van der Waals surface area contributed by atoms with E-state index in [2.05, 4.69) is 10.00 Å². The summed E-state index contributed by atoms with van der Waals surface area (Å²) in [5.74, 6) is -0.497. The van der Waals surface area contributed by atoms with Crippen molar-refractivity contribution >= 4 is 17.2 Å². The van der Waals surface area contributed by atoms with Crippen LogP contribution in [0.2, 0.25) is 0 Å². The molecule has 1 amide bonds. The van der Waals surface area contributed by atoms with Crippen LogP contribution in [-0.2, 0) is 11.3 Å². The second-order valence-corrected chi connectivity index (χ2v) is 6.11. The van der Waals surface area contributed by atoms with E-state index >= 15 is 0 Å². The monoisotopic (exact) mass is 322 g/mol. The number of aromatic nitrogens is 2. The fourth-order valence-electron chi connectivity index (χ4n) is 2.34. The van der Waals surface area contributed by atoms with Crippen molar-refractivity contribution in [2.75, 3.05) is 32.8 Å². The molecule has 0 aliphatic carbocycles. The van der Waals surface area contributed by atoms with Crippen molar-refractivity contribution in [3.63, 3.8) is 0 Å². The smallest absolute Gasteiger partial charge is 0.284 e. The Labute approximate surface area is 132 Å². The summed E-state index contributed by atoms with van der Waals surface area (Å²) in [6.07, 6.45) is 1.95. The number of morpholine rings is 1. The topological polar surface area (TPSA) is 79.6 Å². The second-order valence-electron chi connectivity index (χ2n) is 5.02. The minimum absolute atomic E-state index is 0.459. The Kier molecular flexibility index (Phi) is 4.84. The zero-order valence-corrected chi connectivity index (χ0v) is 12.9. The largest absolute Gasteiger partial charge is 0.379 e. The molecular weight excluding hydrogens is 304 g/mol. The lowest BCUT2D eigenvalue weighted by Gasteiger charge is -2.26. The maximum absolute atomic E-state index is 11.3. The van der Waals surface area contributed by atoms with Crippen LogP contribution in [0.25, 0.3) is 10.6 Å². The first-order chi connectivity index (χ1) is 10.8. The van der Waals surface area contributed by atoms with Crippen LogP contribution in [0.15, 0.2) is 24.4 Å². The average molecular weight is 322 g/mol. The molecule has 0 bridgehead atoms. The molecule has 1 saturated heterocycles. The minimum atomic E-state index is -0.497. The van der Waals surface area contributed by atoms with Gasteiger partial charge >= 0.3 is 0 Å². The van der Waals surface area contributed by atoms with E-state index in [4.69, 9.17) is 9.94 Å². The van der Waals surface area contributed by atoms with Gasteiger partial charge in [0.1, 0.15) is 5.69 Å². The van der Waals surface area contributed by atoms with Crippen molar-refractivity contribution in [2.24, 2.45) is 0 Å². The van der Waals surface area contributed by atoms with Crippen LogP contribution in [-0.4, -0.2) is 58.6 Å². The van der Waals surface area contributed by atoms with E-state index in [1.165, 1.54) is 11.3 Å². The molecule has 7 nitrogen and oxygen atoms in total. The van der Waals surface area contributed by atoms with Crippen molar-refractivity contribution in [1.82, 2.24) is 20.2 Å². The molecule has 22 heavy (non-hydrogen) atoms. The summed E-state index contributed by atoms with van der Waals surface area (Å²) in [4.78, 5) is 15.1. The van der Waals surface area contributed by atoms with Gasteiger partial charge < -0.3 is 4.74 Å². The van der Waals surface area contributed by atoms with Gasteiger partial charge in [0.2, 0.25) is 0 Å². The number of ether oxygens (including phenoxy) is 1. The first-order valence-electron chi connectivity index (χ1n) is 7.14. The number of carbonyl (C=O) groups excluding carboxylic acids is 1. The molecule has 0 radical (unpaired) electrons. The molecule has 1 aliphatic heterocycles. The third-order valence-electron chi connectivity index (χ3n) is 3.57. The highest BCUT2D eigenvalue weighted by atomic mass is 32.1. The van der Waals surface area contributed by atoms with Gasteiger partial charge in [-0.05, 0) is 18.2 Å². The molecule has 0 spiro atoms. The van der Waals surface area contributed by atoms with Crippen LogP contribution >= 0.6 is 11.3 Å². The van der Waals surface area contributed by atoms with Gasteiger partial charge in [0.15, 0.2) is 0 Å². The molecule has 0 atom stereocenters. The standard InChI is InChI=1S/C14H18N4O3S/c19-14(16-20)13-2-1-12(22-13)11-3-4-18(15-11)6-5-17-7-9-21-10-8-17/h1-4,20H,5-10H2,(H,16,19). The Hall–Kier alpha value is -1.74. The van der Waals surface area contributed by atoms with Crippen molar-refractivity contribution in [1.29, 1.82) is 0 Å². The summed E-state index contributed by atoms with van der Waals surface area (Å²) in [7, 11) is 0. The molecule has 2 N–H and O–H groups in total. The molecule has 0 unspecified atom stereocenters. The summed E-state index contributed by atoms with van der Waals surface area (Å²) < 4.78 is 7.24. The Morgan fingerprint density at radius 1 is 1.32 bits per heavy atom. The molecule has 3 rings (SSSR count). The van der Waals surface area contributed by atoms with E-state index in [1.807, 2.05) is 23.0 Å². The van der Waals surface area contributed by atoms with E-state index < -0.39 is 5.91 Å². The van der Waals surface area contributed by atoms with Crippen LogP contribution in [0.4, 0.5) is 0 Å². The number of thiophene rings is 1. The zero-order valence-electron chi connectivity index (χ0n) is 12.1. The predicted octanol–water partition coefficient (Wildman–Crippen LogP) is 1.06. The number of amides is 1. The Bertz CT molecular complexity index is 634. The molecule has 1 aliphatic rings. The van der Waals surface area contributed by atoms with E-state index in [0.717, 1.165) is 50.0 Å². The fraction of sp³-hybridized carbons (Fsp3) is 0.429. The highest BCUT2D eigenvalue weighted by molar-refractivity contribution is 7.17. The SMILES string of the molecule is O=C(NO)c1ccc(-c2ccn(CCN3CCOCC3)n2)s1. The van der Waals surface area contributed by atoms with Gasteiger partial charge in [-0.1, -0.05) is 0 Å². The van der Waals surface area contributed by atoms with Crippen LogP contribution in [0, 0.1) is 0 Å². The van der Waals surface area contributed by atoms with Gasteiger partial charge in [-0.2, -0.15) is 5.10 Å². The lowest BCUT2D eigenvalue weighted by Crippen LogP contribution is -2.38. The quantitative estimate of drug-likeness (QED) is 0.636. The Balaban J connectivity index is 1.60. The summed E-state index contributed by atoms with van der Waals surface area (Å²) in [5.41, 5.74) is 2.48. The van der Waals surface area contributed by atoms with E-state index in [-0.39, 0.29) is 0 Å². The van der Waals surface area contributed by atoms with Gasteiger partial charge in [-0.3, -0.25) is 19.6 Å². The molecular formula is C14H18N4O3S. The van der Waals surface area contributed by atoms with E-state index in [0.29, 0.717) is 4.88 Å². The summed E-state index contributed by atoms with van der Waals surface area (Å²) in [5, 5.41) is 13.2. The fourth-order valence-corrected chi connectivity index (χ4v) is 3.20. The van der Waals surface area contributed by atoms with Crippen LogP contribution < -0.4 is 5.48 Å². The highest BCUT2D eigenvalue weighted by Gasteiger charge is 2.12. The maximum atomic E-state index is 11.3. The van der Waals surface area contributed by atoms with Gasteiger partial charge in [0.25, 0.3) is 5.91 Å². The van der Waals surface area contributed by atoms with Crippen LogP contribution in [0.5, 0.6) is 0 Å². The molecule has 2 aromatic heterocycles. The second kappa shape index (κ2) is 7.01. The molecule has 8 heteroatoms. The third-order valence-corrected chi connectivity index (χ3v) is 4.68. The zero-order chi connectivity index (χ0) is 15.4. The van der Waals surface area contributed by atoms with Gasteiger partial charge in [0, 0.05) is 25.8 Å². The highest BCUT2D eigenvalue weighted by Crippen LogP contribution is 2.26. The molecule has 118 valence electrons. The lowest BCUT2D eigenvalue weighted by atomic mass is 10.3. The van der Waals surface area contributed by atoms with Crippen molar-refractivity contribution < 1.29 is 14.7 Å².